The number of nitrogens with zero attached hydrogens (tertiary/aromatic N) is 3. The van der Waals surface area contributed by atoms with Gasteiger partial charge < -0.3 is 4.74 Å². The average molecular weight is 289 g/mol. The first-order valence-electron chi connectivity index (χ1n) is 7.25. The van der Waals surface area contributed by atoms with E-state index in [1.807, 2.05) is 24.0 Å². The Morgan fingerprint density at radius 1 is 1.38 bits per heavy atom. The highest BCUT2D eigenvalue weighted by molar-refractivity contribution is 5.35. The van der Waals surface area contributed by atoms with E-state index in [-0.39, 0.29) is 6.04 Å². The molecule has 1 unspecified atom stereocenters. The predicted molar refractivity (Wildman–Crippen MR) is 81.8 cm³/mol. The summed E-state index contributed by atoms with van der Waals surface area (Å²) in [6.07, 6.45) is 7.33. The zero-order valence-corrected chi connectivity index (χ0v) is 12.8. The van der Waals surface area contributed by atoms with Gasteiger partial charge in [-0.3, -0.25) is 15.5 Å². The second-order valence-corrected chi connectivity index (χ2v) is 4.96. The number of aryl methyl sites for hydroxylation is 2. The Hall–Kier alpha value is -1.92. The fraction of sp³-hybridized carbons (Fsp3) is 0.467. The molecule has 2 rings (SSSR count). The van der Waals surface area contributed by atoms with Gasteiger partial charge in [0, 0.05) is 25.0 Å². The molecule has 2 heterocycles. The third kappa shape index (κ3) is 3.59. The fourth-order valence-corrected chi connectivity index (χ4v) is 2.33. The molecule has 114 valence electrons. The topological polar surface area (TPSA) is 78.0 Å². The second kappa shape index (κ2) is 7.19. The fourth-order valence-electron chi connectivity index (χ4n) is 2.33. The maximum Gasteiger partial charge on any atom is 0.137 e. The number of nitrogens with two attached hydrogens (primary N) is 1. The molecule has 0 radical (unpaired) electrons. The van der Waals surface area contributed by atoms with Crippen LogP contribution < -0.4 is 16.0 Å². The van der Waals surface area contributed by atoms with Crippen molar-refractivity contribution in [3.05, 3.63) is 41.5 Å². The summed E-state index contributed by atoms with van der Waals surface area (Å²) in [7, 11) is 1.91. The van der Waals surface area contributed by atoms with Crippen LogP contribution in [-0.4, -0.2) is 21.4 Å². The van der Waals surface area contributed by atoms with Crippen LogP contribution in [0.2, 0.25) is 0 Å². The molecular weight excluding hydrogens is 266 g/mol. The summed E-state index contributed by atoms with van der Waals surface area (Å²) < 4.78 is 7.45. The zero-order valence-electron chi connectivity index (χ0n) is 12.8. The summed E-state index contributed by atoms with van der Waals surface area (Å²) in [5.41, 5.74) is 5.92. The van der Waals surface area contributed by atoms with Crippen molar-refractivity contribution >= 4 is 0 Å². The Labute approximate surface area is 125 Å². The van der Waals surface area contributed by atoms with Crippen LogP contribution >= 0.6 is 0 Å². The predicted octanol–water partition coefficient (Wildman–Crippen LogP) is 1.72. The smallest absolute Gasteiger partial charge is 0.137 e. The number of pyridine rings is 1. The minimum absolute atomic E-state index is 0.147. The Kier molecular flexibility index (Phi) is 5.30. The van der Waals surface area contributed by atoms with Gasteiger partial charge >= 0.3 is 0 Å². The van der Waals surface area contributed by atoms with E-state index in [9.17, 15) is 0 Å². The molecule has 0 bridgehead atoms. The van der Waals surface area contributed by atoms with Gasteiger partial charge in [-0.25, -0.2) is 5.43 Å². The van der Waals surface area contributed by atoms with Gasteiger partial charge in [-0.15, -0.1) is 0 Å². The lowest BCUT2D eigenvalue weighted by atomic mass is 10.0. The van der Waals surface area contributed by atoms with Crippen molar-refractivity contribution in [2.45, 2.75) is 32.7 Å². The number of ether oxygens (including phenoxy) is 1. The van der Waals surface area contributed by atoms with E-state index in [0.717, 1.165) is 35.4 Å². The maximum atomic E-state index is 5.76. The van der Waals surface area contributed by atoms with E-state index in [1.165, 1.54) is 0 Å². The van der Waals surface area contributed by atoms with E-state index < -0.39 is 0 Å². The third-order valence-electron chi connectivity index (χ3n) is 3.29. The van der Waals surface area contributed by atoms with Crippen molar-refractivity contribution < 1.29 is 4.74 Å². The molecular formula is C15H23N5O. The molecule has 6 nitrogen and oxygen atoms in total. The van der Waals surface area contributed by atoms with E-state index in [2.05, 4.69) is 29.4 Å². The van der Waals surface area contributed by atoms with Crippen LogP contribution in [0.5, 0.6) is 5.75 Å². The van der Waals surface area contributed by atoms with E-state index in [1.54, 1.807) is 12.4 Å². The summed E-state index contributed by atoms with van der Waals surface area (Å²) in [5.74, 6) is 6.52. The summed E-state index contributed by atoms with van der Waals surface area (Å²) in [6.45, 7) is 4.84. The largest absolute Gasteiger partial charge is 0.492 e. The van der Waals surface area contributed by atoms with Gasteiger partial charge in [0.25, 0.3) is 0 Å². The lowest BCUT2D eigenvalue weighted by Crippen LogP contribution is -2.29. The van der Waals surface area contributed by atoms with Crippen molar-refractivity contribution in [1.29, 1.82) is 0 Å². The third-order valence-corrected chi connectivity index (χ3v) is 3.29. The number of nitrogens with one attached hydrogen (secondary N) is 1. The molecule has 0 aromatic carbocycles. The van der Waals surface area contributed by atoms with Crippen molar-refractivity contribution in [2.75, 3.05) is 6.61 Å². The minimum atomic E-state index is -0.147. The van der Waals surface area contributed by atoms with Crippen LogP contribution in [0.25, 0.3) is 0 Å². The minimum Gasteiger partial charge on any atom is -0.492 e. The van der Waals surface area contributed by atoms with Gasteiger partial charge in [0.1, 0.15) is 5.75 Å². The first kappa shape index (κ1) is 15.5. The lowest BCUT2D eigenvalue weighted by molar-refractivity contribution is 0.315. The van der Waals surface area contributed by atoms with Crippen LogP contribution in [0, 0.1) is 0 Å². The van der Waals surface area contributed by atoms with Gasteiger partial charge in [0.05, 0.1) is 24.5 Å². The SMILES string of the molecule is CCCOc1cncc(C(NN)c2cn(C)nc2CC)c1. The van der Waals surface area contributed by atoms with Crippen LogP contribution in [0.4, 0.5) is 0 Å². The summed E-state index contributed by atoms with van der Waals surface area (Å²) in [4.78, 5) is 4.25. The molecule has 0 aliphatic heterocycles. The van der Waals surface area contributed by atoms with Crippen molar-refractivity contribution in [3.8, 4) is 5.75 Å². The maximum absolute atomic E-state index is 5.76. The molecule has 0 saturated heterocycles. The Morgan fingerprint density at radius 3 is 2.86 bits per heavy atom. The highest BCUT2D eigenvalue weighted by Crippen LogP contribution is 2.26. The van der Waals surface area contributed by atoms with Crippen LogP contribution in [0.3, 0.4) is 0 Å². The molecule has 0 aliphatic carbocycles. The van der Waals surface area contributed by atoms with Crippen molar-refractivity contribution in [2.24, 2.45) is 12.9 Å². The summed E-state index contributed by atoms with van der Waals surface area (Å²) in [5, 5.41) is 4.46. The number of hydrazine groups is 1. The van der Waals surface area contributed by atoms with E-state index >= 15 is 0 Å². The molecule has 0 fully saturated rings. The van der Waals surface area contributed by atoms with Crippen LogP contribution in [-0.2, 0) is 13.5 Å². The molecule has 0 spiro atoms. The van der Waals surface area contributed by atoms with Gasteiger partial charge in [-0.2, -0.15) is 5.10 Å². The van der Waals surface area contributed by atoms with Gasteiger partial charge in [0.2, 0.25) is 0 Å². The molecule has 6 heteroatoms. The second-order valence-electron chi connectivity index (χ2n) is 4.96. The Bertz CT molecular complexity index is 581. The quantitative estimate of drug-likeness (QED) is 0.599. The standard InChI is InChI=1S/C15H23N5O/c1-4-6-21-12-7-11(8-17-9-12)15(18-16)13-10-20(3)19-14(13)5-2/h7-10,15,18H,4-6,16H2,1-3H3. The van der Waals surface area contributed by atoms with Crippen LogP contribution in [0.1, 0.15) is 43.1 Å². The summed E-state index contributed by atoms with van der Waals surface area (Å²) >= 11 is 0. The molecule has 2 aromatic rings. The lowest BCUT2D eigenvalue weighted by Gasteiger charge is -2.17. The summed E-state index contributed by atoms with van der Waals surface area (Å²) in [6, 6.07) is 1.82. The number of hydrogen-bond acceptors (Lipinski definition) is 5. The highest BCUT2D eigenvalue weighted by atomic mass is 16.5. The van der Waals surface area contributed by atoms with E-state index in [0.29, 0.717) is 6.61 Å². The molecule has 0 aliphatic rings. The molecule has 1 atom stereocenters. The average Bonchev–Trinajstić information content (AvgIpc) is 2.87. The van der Waals surface area contributed by atoms with Gasteiger partial charge in [-0.05, 0) is 24.5 Å². The van der Waals surface area contributed by atoms with Crippen molar-refractivity contribution in [1.82, 2.24) is 20.2 Å². The first-order chi connectivity index (χ1) is 10.2. The van der Waals surface area contributed by atoms with Gasteiger partial charge in [-0.1, -0.05) is 13.8 Å². The molecule has 0 amide bonds. The molecule has 21 heavy (non-hydrogen) atoms. The van der Waals surface area contributed by atoms with E-state index in [4.69, 9.17) is 10.6 Å². The van der Waals surface area contributed by atoms with Crippen molar-refractivity contribution in [3.63, 3.8) is 0 Å². The highest BCUT2D eigenvalue weighted by Gasteiger charge is 2.19. The normalized spacial score (nSPS) is 12.4. The molecule has 0 saturated carbocycles. The zero-order chi connectivity index (χ0) is 15.2. The number of hydrogen-bond donors (Lipinski definition) is 2. The molecule has 2 aromatic heterocycles. The first-order valence-corrected chi connectivity index (χ1v) is 7.25. The van der Waals surface area contributed by atoms with Crippen LogP contribution in [0.15, 0.2) is 24.7 Å². The monoisotopic (exact) mass is 289 g/mol. The number of aromatic nitrogens is 3. The Balaban J connectivity index is 2.32. The molecule has 3 N–H and O–H groups in total. The van der Waals surface area contributed by atoms with Gasteiger partial charge in [0.15, 0.2) is 0 Å². The Morgan fingerprint density at radius 2 is 2.19 bits per heavy atom. The number of rotatable bonds is 7.